The van der Waals surface area contributed by atoms with E-state index in [0.29, 0.717) is 36.6 Å². The number of unbranched alkanes of at least 4 members (excludes halogenated alkanes) is 4. The Labute approximate surface area is 227 Å². The van der Waals surface area contributed by atoms with Crippen molar-refractivity contribution in [2.45, 2.75) is 127 Å². The molecule has 0 N–H and O–H groups in total. The third kappa shape index (κ3) is 18.4. The Morgan fingerprint density at radius 1 is 0.629 bits per heavy atom. The molecule has 0 heterocycles. The summed E-state index contributed by atoms with van der Waals surface area (Å²) in [7, 11) is 3.81. The predicted molar refractivity (Wildman–Crippen MR) is 159 cm³/mol. The van der Waals surface area contributed by atoms with E-state index in [1.807, 2.05) is 17.9 Å². The first-order valence-corrected chi connectivity index (χ1v) is 27.5. The van der Waals surface area contributed by atoms with Crippen molar-refractivity contribution in [1.29, 1.82) is 0 Å². The third-order valence-corrected chi connectivity index (χ3v) is 36.7. The van der Waals surface area contributed by atoms with Gasteiger partial charge in [-0.25, -0.2) is 0 Å². The number of ether oxygens (including phenoxy) is 2. The van der Waals surface area contributed by atoms with Crippen LogP contribution in [0.3, 0.4) is 0 Å². The fourth-order valence-electron chi connectivity index (χ4n) is 4.03. The van der Waals surface area contributed by atoms with Crippen molar-refractivity contribution < 1.29 is 19.1 Å². The summed E-state index contributed by atoms with van der Waals surface area (Å²) in [6, 6.07) is 0. The van der Waals surface area contributed by atoms with E-state index >= 15 is 0 Å². The Morgan fingerprint density at radius 3 is 1.31 bits per heavy atom. The molecule has 35 heavy (non-hydrogen) atoms. The van der Waals surface area contributed by atoms with Crippen LogP contribution in [0.4, 0.5) is 0 Å². The SMILES string of the molecule is CCCC[C@@H](CC)COC(=O)C[S][Sn]([CH2]CCC)([CH2]CCC)[S]CC(=O)OC[C@H](CC)CCCC. The van der Waals surface area contributed by atoms with Gasteiger partial charge in [-0.15, -0.1) is 0 Å². The van der Waals surface area contributed by atoms with Gasteiger partial charge in [-0.1, -0.05) is 0 Å². The van der Waals surface area contributed by atoms with Crippen molar-refractivity contribution in [3.05, 3.63) is 0 Å². The van der Waals surface area contributed by atoms with Gasteiger partial charge in [0.15, 0.2) is 0 Å². The zero-order chi connectivity index (χ0) is 26.4. The maximum atomic E-state index is 12.7. The molecule has 0 amide bonds. The van der Waals surface area contributed by atoms with Crippen LogP contribution >= 0.6 is 17.9 Å². The van der Waals surface area contributed by atoms with Gasteiger partial charge in [0.2, 0.25) is 0 Å². The average Bonchev–Trinajstić information content (AvgIpc) is 2.88. The summed E-state index contributed by atoms with van der Waals surface area (Å²) in [4.78, 5) is 25.3. The summed E-state index contributed by atoms with van der Waals surface area (Å²) in [6.45, 7) is 14.3. The molecule has 208 valence electrons. The first kappa shape index (κ1) is 35.4. The zero-order valence-corrected chi connectivity index (χ0v) is 28.3. The number of rotatable bonds is 24. The van der Waals surface area contributed by atoms with E-state index in [0.717, 1.165) is 38.5 Å². The van der Waals surface area contributed by atoms with Gasteiger partial charge < -0.3 is 0 Å². The molecule has 0 saturated heterocycles. The fourth-order valence-corrected chi connectivity index (χ4v) is 31.5. The predicted octanol–water partition coefficient (Wildman–Crippen LogP) is 9.01. The van der Waals surface area contributed by atoms with Crippen LogP contribution in [0.25, 0.3) is 0 Å². The summed E-state index contributed by atoms with van der Waals surface area (Å²) >= 11 is -2.81. The van der Waals surface area contributed by atoms with Crippen molar-refractivity contribution in [2.75, 3.05) is 24.7 Å². The van der Waals surface area contributed by atoms with Gasteiger partial charge in [-0.05, 0) is 0 Å². The number of hydrogen-bond donors (Lipinski definition) is 0. The standard InChI is InChI=1S/2C10H20O2S.2C4H9.Sn/c2*1-3-5-6-9(4-2)7-12-10(11)8-13;2*1-3-4-2;/h2*9,13H,3-8H2,1-2H3;2*1,3-4H2,2H3;/q;;;;+2/p-2/t2*9-;;;/m11.../s1. The van der Waals surface area contributed by atoms with Gasteiger partial charge in [0, 0.05) is 0 Å². The van der Waals surface area contributed by atoms with E-state index in [1.165, 1.54) is 47.4 Å². The van der Waals surface area contributed by atoms with E-state index in [-0.39, 0.29) is 11.9 Å². The van der Waals surface area contributed by atoms with Crippen LogP contribution in [0, 0.1) is 11.8 Å². The molecule has 0 rings (SSSR count). The van der Waals surface area contributed by atoms with Crippen LogP contribution in [0.15, 0.2) is 0 Å². The van der Waals surface area contributed by atoms with Crippen LogP contribution in [0.2, 0.25) is 8.87 Å². The Hall–Kier alpha value is 0.439. The summed E-state index contributed by atoms with van der Waals surface area (Å²) in [5.74, 6) is 1.72. The molecule has 0 aliphatic heterocycles. The molecule has 0 aromatic carbocycles. The minimum absolute atomic E-state index is 0.0658. The molecule has 0 unspecified atom stereocenters. The topological polar surface area (TPSA) is 52.6 Å². The van der Waals surface area contributed by atoms with Gasteiger partial charge in [-0.2, -0.15) is 0 Å². The van der Waals surface area contributed by atoms with Gasteiger partial charge >= 0.3 is 229 Å². The van der Waals surface area contributed by atoms with Crippen molar-refractivity contribution in [3.63, 3.8) is 0 Å². The van der Waals surface area contributed by atoms with Crippen LogP contribution < -0.4 is 0 Å². The molecule has 0 aromatic rings. The van der Waals surface area contributed by atoms with E-state index in [2.05, 4.69) is 41.5 Å². The Bertz CT molecular complexity index is 487. The summed E-state index contributed by atoms with van der Waals surface area (Å²) < 4.78 is 13.8. The van der Waals surface area contributed by atoms with E-state index in [1.54, 1.807) is 0 Å². The molecule has 4 nitrogen and oxygen atoms in total. The molecular weight excluding hydrogens is 583 g/mol. The van der Waals surface area contributed by atoms with Crippen molar-refractivity contribution in [1.82, 2.24) is 0 Å². The van der Waals surface area contributed by atoms with Gasteiger partial charge in [0.25, 0.3) is 0 Å². The molecule has 0 aromatic heterocycles. The minimum atomic E-state index is -2.81. The second kappa shape index (κ2) is 23.5. The fraction of sp³-hybridized carbons (Fsp3) is 0.929. The van der Waals surface area contributed by atoms with Crippen molar-refractivity contribution >= 4 is 45.4 Å². The van der Waals surface area contributed by atoms with Gasteiger partial charge in [0.05, 0.1) is 0 Å². The van der Waals surface area contributed by atoms with E-state index in [4.69, 9.17) is 9.47 Å². The molecule has 2 atom stereocenters. The molecular formula is C28H56O4S2Sn. The van der Waals surface area contributed by atoms with Crippen LogP contribution in [-0.2, 0) is 19.1 Å². The van der Waals surface area contributed by atoms with E-state index in [9.17, 15) is 9.59 Å². The van der Waals surface area contributed by atoms with Crippen molar-refractivity contribution in [3.8, 4) is 0 Å². The molecule has 0 bridgehead atoms. The van der Waals surface area contributed by atoms with Gasteiger partial charge in [-0.3, -0.25) is 0 Å². The third-order valence-electron chi connectivity index (χ3n) is 6.78. The Kier molecular flexibility index (Phi) is 23.8. The molecule has 0 fully saturated rings. The van der Waals surface area contributed by atoms with Crippen molar-refractivity contribution in [2.24, 2.45) is 11.8 Å². The normalized spacial score (nSPS) is 13.4. The zero-order valence-electron chi connectivity index (χ0n) is 23.8. The quantitative estimate of drug-likeness (QED) is 0.0776. The molecule has 0 saturated carbocycles. The first-order valence-electron chi connectivity index (χ1n) is 14.5. The molecule has 0 spiro atoms. The summed E-state index contributed by atoms with van der Waals surface area (Å²) in [5, 5.41) is 0. The van der Waals surface area contributed by atoms with Crippen LogP contribution in [0.5, 0.6) is 0 Å². The van der Waals surface area contributed by atoms with Crippen LogP contribution in [0.1, 0.15) is 119 Å². The number of esters is 2. The van der Waals surface area contributed by atoms with Crippen LogP contribution in [-0.4, -0.2) is 52.3 Å². The molecule has 7 heteroatoms. The second-order valence-corrected chi connectivity index (χ2v) is 36.3. The summed E-state index contributed by atoms with van der Waals surface area (Å²) in [5.41, 5.74) is 0. The average molecular weight is 640 g/mol. The molecule has 0 radical (unpaired) electrons. The number of carbonyl (C=O) groups is 2. The Balaban J connectivity index is 4.94. The second-order valence-electron chi connectivity index (χ2n) is 9.89. The maximum absolute atomic E-state index is 12.7. The first-order chi connectivity index (χ1) is 16.9. The Morgan fingerprint density at radius 2 is 1.00 bits per heavy atom. The number of hydrogen-bond acceptors (Lipinski definition) is 6. The van der Waals surface area contributed by atoms with Gasteiger partial charge in [0.1, 0.15) is 0 Å². The molecule has 0 aliphatic carbocycles. The summed E-state index contributed by atoms with van der Waals surface area (Å²) in [6.07, 6.45) is 13.9. The monoisotopic (exact) mass is 640 g/mol. The van der Waals surface area contributed by atoms with E-state index < -0.39 is 15.6 Å². The molecule has 0 aliphatic rings. The number of carbonyl (C=O) groups excluding carboxylic acids is 2.